The van der Waals surface area contributed by atoms with Gasteiger partial charge in [-0.2, -0.15) is 4.98 Å². The fourth-order valence-corrected chi connectivity index (χ4v) is 3.97. The first-order valence-electron chi connectivity index (χ1n) is 10.0. The Hall–Kier alpha value is -3.86. The van der Waals surface area contributed by atoms with Crippen molar-refractivity contribution in [3.63, 3.8) is 0 Å². The third-order valence-electron chi connectivity index (χ3n) is 5.43. The highest BCUT2D eigenvalue weighted by molar-refractivity contribution is 6.06. The number of carbonyl (C=O) groups excluding carboxylic acids is 1. The number of aromatic amines is 1. The molecule has 170 valence electrons. The summed E-state index contributed by atoms with van der Waals surface area (Å²) in [5.41, 5.74) is 1.69. The number of rotatable bonds is 4. The molecular weight excluding hydrogens is 441 g/mol. The number of para-hydroxylation sites is 1. The van der Waals surface area contributed by atoms with E-state index in [4.69, 9.17) is 4.52 Å². The van der Waals surface area contributed by atoms with Crippen LogP contribution in [0.1, 0.15) is 28.7 Å². The Balaban J connectivity index is 1.39. The van der Waals surface area contributed by atoms with E-state index in [2.05, 4.69) is 19.9 Å². The molecule has 8 nitrogen and oxygen atoms in total. The Morgan fingerprint density at radius 3 is 2.70 bits per heavy atom. The van der Waals surface area contributed by atoms with Gasteiger partial charge in [-0.1, -0.05) is 23.4 Å². The van der Waals surface area contributed by atoms with E-state index >= 15 is 0 Å². The van der Waals surface area contributed by atoms with E-state index in [0.717, 1.165) is 23.0 Å². The number of aromatic nitrogens is 3. The van der Waals surface area contributed by atoms with Gasteiger partial charge in [-0.15, -0.1) is 13.2 Å². The van der Waals surface area contributed by atoms with Gasteiger partial charge < -0.3 is 24.3 Å². The van der Waals surface area contributed by atoms with Gasteiger partial charge in [-0.05, 0) is 30.3 Å². The molecule has 0 bridgehead atoms. The van der Waals surface area contributed by atoms with Crippen molar-refractivity contribution in [1.29, 1.82) is 0 Å². The zero-order chi connectivity index (χ0) is 23.2. The van der Waals surface area contributed by atoms with Crippen LogP contribution in [0.4, 0.5) is 13.2 Å². The van der Waals surface area contributed by atoms with Gasteiger partial charge in [-0.3, -0.25) is 4.79 Å². The van der Waals surface area contributed by atoms with Gasteiger partial charge in [0.05, 0.1) is 11.7 Å². The smallest absolute Gasteiger partial charge is 0.406 e. The minimum Gasteiger partial charge on any atom is -0.406 e. The van der Waals surface area contributed by atoms with Crippen LogP contribution in [-0.2, 0) is 0 Å². The number of β-amino-alcohol motifs (C(OH)–C–C–N with tert-alkyl or cyclic N) is 1. The van der Waals surface area contributed by atoms with Crippen LogP contribution in [0.2, 0.25) is 0 Å². The number of benzene rings is 2. The molecule has 0 saturated carbocycles. The summed E-state index contributed by atoms with van der Waals surface area (Å²) in [4.78, 5) is 22.1. The van der Waals surface area contributed by atoms with E-state index in [0.29, 0.717) is 11.1 Å². The number of H-pyrrole nitrogens is 1. The first-order valence-corrected chi connectivity index (χ1v) is 10.0. The van der Waals surface area contributed by atoms with E-state index in [9.17, 15) is 23.1 Å². The van der Waals surface area contributed by atoms with E-state index < -0.39 is 18.5 Å². The number of hydrogen-bond donors (Lipinski definition) is 2. The van der Waals surface area contributed by atoms with Gasteiger partial charge in [0.25, 0.3) is 5.91 Å². The number of carbonyl (C=O) groups is 1. The van der Waals surface area contributed by atoms with Crippen LogP contribution in [0.25, 0.3) is 22.3 Å². The van der Waals surface area contributed by atoms with Gasteiger partial charge in [0.2, 0.25) is 11.7 Å². The second-order valence-corrected chi connectivity index (χ2v) is 7.64. The summed E-state index contributed by atoms with van der Waals surface area (Å²) in [6.45, 7) is 0.101. The van der Waals surface area contributed by atoms with Gasteiger partial charge in [0.1, 0.15) is 11.8 Å². The third-order valence-corrected chi connectivity index (χ3v) is 5.43. The van der Waals surface area contributed by atoms with Crippen molar-refractivity contribution in [1.82, 2.24) is 20.0 Å². The molecule has 2 aromatic heterocycles. The second kappa shape index (κ2) is 7.93. The molecule has 0 aliphatic carbocycles. The minimum absolute atomic E-state index is 0.101. The number of halogens is 3. The molecule has 0 unspecified atom stereocenters. The molecule has 1 amide bonds. The number of nitrogens with one attached hydrogen (secondary N) is 1. The molecule has 11 heteroatoms. The van der Waals surface area contributed by atoms with Gasteiger partial charge in [0, 0.05) is 35.6 Å². The van der Waals surface area contributed by atoms with Crippen molar-refractivity contribution >= 4 is 16.8 Å². The molecule has 3 heterocycles. The highest BCUT2D eigenvalue weighted by atomic mass is 19.4. The molecule has 0 radical (unpaired) electrons. The molecule has 1 aliphatic heterocycles. The summed E-state index contributed by atoms with van der Waals surface area (Å²) >= 11 is 0. The summed E-state index contributed by atoms with van der Waals surface area (Å²) in [5.74, 6) is -0.387. The number of aliphatic hydroxyl groups excluding tert-OH is 1. The van der Waals surface area contributed by atoms with E-state index in [1.54, 1.807) is 6.20 Å². The van der Waals surface area contributed by atoms with Crippen molar-refractivity contribution in [3.8, 4) is 17.1 Å². The Kier molecular flexibility index (Phi) is 5.05. The average Bonchev–Trinajstić information content (AvgIpc) is 3.50. The standard InChI is InChI=1S/C22H17F3N4O4/c23-22(24,25)32-14-7-5-12(6-8-14)19-27-20(33-28-19)18-9-13(30)11-29(18)21(31)16-10-26-17-4-2-1-3-15(16)17/h1-8,10,13,18,26,30H,9,11H2/t13-,18+/m1/s1. The second-order valence-electron chi connectivity index (χ2n) is 7.64. The first kappa shape index (κ1) is 21.0. The van der Waals surface area contributed by atoms with Gasteiger partial charge >= 0.3 is 6.36 Å². The largest absolute Gasteiger partial charge is 0.573 e. The fraction of sp³-hybridized carbons (Fsp3) is 0.227. The van der Waals surface area contributed by atoms with E-state index in [-0.39, 0.29) is 36.3 Å². The average molecular weight is 458 g/mol. The fourth-order valence-electron chi connectivity index (χ4n) is 3.97. The number of aliphatic hydroxyl groups is 1. The third kappa shape index (κ3) is 4.14. The van der Waals surface area contributed by atoms with Gasteiger partial charge in [0.15, 0.2) is 0 Å². The van der Waals surface area contributed by atoms with Crippen LogP contribution in [0.5, 0.6) is 5.75 Å². The number of ether oxygens (including phenoxy) is 1. The number of alkyl halides is 3. The maximum Gasteiger partial charge on any atom is 0.573 e. The molecule has 5 rings (SSSR count). The zero-order valence-electron chi connectivity index (χ0n) is 16.9. The SMILES string of the molecule is O=C(c1c[nH]c2ccccc12)N1C[C@H](O)C[C@H]1c1nc(-c2ccc(OC(F)(F)F)cc2)no1. The van der Waals surface area contributed by atoms with Crippen LogP contribution in [-0.4, -0.2) is 50.0 Å². The number of amides is 1. The van der Waals surface area contributed by atoms with Crippen LogP contribution in [0.15, 0.2) is 59.3 Å². The van der Waals surface area contributed by atoms with Crippen molar-refractivity contribution in [2.45, 2.75) is 24.9 Å². The van der Waals surface area contributed by atoms with Crippen LogP contribution >= 0.6 is 0 Å². The van der Waals surface area contributed by atoms with Crippen molar-refractivity contribution in [2.24, 2.45) is 0 Å². The lowest BCUT2D eigenvalue weighted by atomic mass is 10.1. The maximum atomic E-state index is 13.3. The van der Waals surface area contributed by atoms with E-state index in [1.165, 1.54) is 17.0 Å². The Morgan fingerprint density at radius 1 is 1.18 bits per heavy atom. The molecule has 2 N–H and O–H groups in total. The molecule has 2 aromatic carbocycles. The molecular formula is C22H17F3N4O4. The van der Waals surface area contributed by atoms with Crippen LogP contribution in [0, 0.1) is 0 Å². The summed E-state index contributed by atoms with van der Waals surface area (Å²) < 4.78 is 46.3. The normalized spacial score (nSPS) is 18.7. The number of hydrogen-bond acceptors (Lipinski definition) is 6. The summed E-state index contributed by atoms with van der Waals surface area (Å²) in [6.07, 6.45) is -3.71. The minimum atomic E-state index is -4.79. The molecule has 1 saturated heterocycles. The molecule has 1 aliphatic rings. The Morgan fingerprint density at radius 2 is 1.94 bits per heavy atom. The zero-order valence-corrected chi connectivity index (χ0v) is 16.9. The molecule has 2 atom stereocenters. The summed E-state index contributed by atoms with van der Waals surface area (Å²) in [7, 11) is 0. The lowest BCUT2D eigenvalue weighted by Gasteiger charge is -2.21. The summed E-state index contributed by atoms with van der Waals surface area (Å²) in [5, 5.41) is 14.9. The molecule has 33 heavy (non-hydrogen) atoms. The first-order chi connectivity index (χ1) is 15.8. The van der Waals surface area contributed by atoms with Gasteiger partial charge in [-0.25, -0.2) is 0 Å². The topological polar surface area (TPSA) is 104 Å². The highest BCUT2D eigenvalue weighted by Crippen LogP contribution is 2.35. The maximum absolute atomic E-state index is 13.3. The molecule has 4 aromatic rings. The van der Waals surface area contributed by atoms with Crippen molar-refractivity contribution in [2.75, 3.05) is 6.54 Å². The predicted octanol–water partition coefficient (Wildman–Crippen LogP) is 4.06. The highest BCUT2D eigenvalue weighted by Gasteiger charge is 2.40. The van der Waals surface area contributed by atoms with Crippen molar-refractivity contribution < 1.29 is 32.3 Å². The number of nitrogens with zero attached hydrogens (tertiary/aromatic N) is 3. The Bertz CT molecular complexity index is 1300. The van der Waals surface area contributed by atoms with Crippen molar-refractivity contribution in [3.05, 3.63) is 66.2 Å². The molecule has 0 spiro atoms. The number of fused-ring (bicyclic) bond motifs is 1. The number of likely N-dealkylation sites (tertiary alicyclic amines) is 1. The lowest BCUT2D eigenvalue weighted by molar-refractivity contribution is -0.274. The Labute approximate surface area is 184 Å². The van der Waals surface area contributed by atoms with Crippen LogP contribution < -0.4 is 4.74 Å². The lowest BCUT2D eigenvalue weighted by Crippen LogP contribution is -2.31. The quantitative estimate of drug-likeness (QED) is 0.478. The predicted molar refractivity (Wildman–Crippen MR) is 109 cm³/mol. The molecule has 1 fully saturated rings. The van der Waals surface area contributed by atoms with E-state index in [1.807, 2.05) is 24.3 Å². The summed E-state index contributed by atoms with van der Waals surface area (Å²) in [6, 6.07) is 11.8. The monoisotopic (exact) mass is 458 g/mol. The van der Waals surface area contributed by atoms with Crippen LogP contribution in [0.3, 0.4) is 0 Å².